The number of H-pyrrole nitrogens is 1. The van der Waals surface area contributed by atoms with E-state index in [0.717, 1.165) is 12.1 Å². The van der Waals surface area contributed by atoms with Crippen LogP contribution < -0.4 is 14.8 Å². The number of hydrogen-bond donors (Lipinski definition) is 2. The number of ether oxygens (including phenoxy) is 2. The number of aromatic nitrogens is 2. The lowest BCUT2D eigenvalue weighted by Gasteiger charge is -2.15. The van der Waals surface area contributed by atoms with E-state index < -0.39 is 0 Å². The quantitative estimate of drug-likeness (QED) is 0.806. The summed E-state index contributed by atoms with van der Waals surface area (Å²) in [6, 6.07) is 7.24. The molecule has 2 aromatic rings. The van der Waals surface area contributed by atoms with Crippen LogP contribution in [0.4, 0.5) is 0 Å². The van der Waals surface area contributed by atoms with Gasteiger partial charge in [-0.05, 0) is 31.3 Å². The number of amides is 1. The SMILES string of the molecule is CNCCN(C)C(=O)c1cc(-c2ccc(OC)c(OC)c2)n[nH]1. The Morgan fingerprint density at radius 3 is 2.65 bits per heavy atom. The molecule has 0 aliphatic rings. The molecule has 1 heterocycles. The van der Waals surface area contributed by atoms with Gasteiger partial charge in [-0.2, -0.15) is 5.10 Å². The van der Waals surface area contributed by atoms with Gasteiger partial charge in [0.25, 0.3) is 5.91 Å². The van der Waals surface area contributed by atoms with Gasteiger partial charge >= 0.3 is 0 Å². The van der Waals surface area contributed by atoms with Crippen LogP contribution in [0.15, 0.2) is 24.3 Å². The monoisotopic (exact) mass is 318 g/mol. The molecule has 0 aliphatic heterocycles. The molecule has 2 N–H and O–H groups in total. The first kappa shape index (κ1) is 16.8. The molecule has 0 saturated carbocycles. The zero-order valence-corrected chi connectivity index (χ0v) is 13.8. The van der Waals surface area contributed by atoms with Gasteiger partial charge in [-0.15, -0.1) is 0 Å². The van der Waals surface area contributed by atoms with Crippen molar-refractivity contribution in [1.82, 2.24) is 20.4 Å². The first-order valence-electron chi connectivity index (χ1n) is 7.28. The standard InChI is InChI=1S/C16H22N4O3/c1-17-7-8-20(2)16(21)13-10-12(18-19-13)11-5-6-14(22-3)15(9-11)23-4/h5-6,9-10,17H,7-8H2,1-4H3,(H,18,19). The van der Waals surface area contributed by atoms with Crippen molar-refractivity contribution in [3.8, 4) is 22.8 Å². The van der Waals surface area contributed by atoms with E-state index in [1.165, 1.54) is 0 Å². The summed E-state index contributed by atoms with van der Waals surface area (Å²) in [5, 5.41) is 10.0. The predicted molar refractivity (Wildman–Crippen MR) is 88.0 cm³/mol. The van der Waals surface area contributed by atoms with Crippen molar-refractivity contribution >= 4 is 5.91 Å². The Labute approximate surface area is 135 Å². The zero-order chi connectivity index (χ0) is 16.8. The van der Waals surface area contributed by atoms with Gasteiger partial charge < -0.3 is 19.7 Å². The Balaban J connectivity index is 2.20. The van der Waals surface area contributed by atoms with Gasteiger partial charge in [-0.25, -0.2) is 0 Å². The number of carbonyl (C=O) groups is 1. The summed E-state index contributed by atoms with van der Waals surface area (Å²) >= 11 is 0. The molecule has 124 valence electrons. The number of rotatable bonds is 7. The molecule has 7 heteroatoms. The van der Waals surface area contributed by atoms with E-state index in [2.05, 4.69) is 15.5 Å². The van der Waals surface area contributed by atoms with Gasteiger partial charge in [0, 0.05) is 25.7 Å². The number of methoxy groups -OCH3 is 2. The molecule has 1 aromatic heterocycles. The minimum Gasteiger partial charge on any atom is -0.493 e. The smallest absolute Gasteiger partial charge is 0.271 e. The Morgan fingerprint density at radius 2 is 2.00 bits per heavy atom. The highest BCUT2D eigenvalue weighted by atomic mass is 16.5. The summed E-state index contributed by atoms with van der Waals surface area (Å²) in [7, 11) is 6.78. The maximum Gasteiger partial charge on any atom is 0.271 e. The molecule has 1 amide bonds. The summed E-state index contributed by atoms with van der Waals surface area (Å²) in [6.45, 7) is 1.36. The highest BCUT2D eigenvalue weighted by molar-refractivity contribution is 5.93. The number of hydrogen-bond acceptors (Lipinski definition) is 5. The second-order valence-corrected chi connectivity index (χ2v) is 5.07. The fourth-order valence-electron chi connectivity index (χ4n) is 2.16. The normalized spacial score (nSPS) is 10.4. The van der Waals surface area contributed by atoms with Crippen LogP contribution in [-0.2, 0) is 0 Å². The molecule has 0 spiro atoms. The molecule has 0 fully saturated rings. The molecular formula is C16H22N4O3. The van der Waals surface area contributed by atoms with Crippen LogP contribution in [0.1, 0.15) is 10.5 Å². The molecule has 1 aromatic carbocycles. The third-order valence-electron chi connectivity index (χ3n) is 3.53. The third-order valence-corrected chi connectivity index (χ3v) is 3.53. The summed E-state index contributed by atoms with van der Waals surface area (Å²) in [6.07, 6.45) is 0. The van der Waals surface area contributed by atoms with Crippen molar-refractivity contribution in [3.05, 3.63) is 30.0 Å². The molecule has 0 saturated heterocycles. The van der Waals surface area contributed by atoms with E-state index in [-0.39, 0.29) is 5.91 Å². The third kappa shape index (κ3) is 3.81. The lowest BCUT2D eigenvalue weighted by Crippen LogP contribution is -2.32. The number of nitrogens with one attached hydrogen (secondary N) is 2. The predicted octanol–water partition coefficient (Wildman–Crippen LogP) is 1.39. The Morgan fingerprint density at radius 1 is 1.26 bits per heavy atom. The van der Waals surface area contributed by atoms with E-state index >= 15 is 0 Å². The molecule has 0 radical (unpaired) electrons. The van der Waals surface area contributed by atoms with Crippen LogP contribution in [0.2, 0.25) is 0 Å². The second kappa shape index (κ2) is 7.64. The summed E-state index contributed by atoms with van der Waals surface area (Å²) < 4.78 is 10.5. The fraction of sp³-hybridized carbons (Fsp3) is 0.375. The van der Waals surface area contributed by atoms with Crippen molar-refractivity contribution in [2.45, 2.75) is 0 Å². The van der Waals surface area contributed by atoms with Crippen LogP contribution in [0.3, 0.4) is 0 Å². The second-order valence-electron chi connectivity index (χ2n) is 5.07. The van der Waals surface area contributed by atoms with E-state index in [9.17, 15) is 4.79 Å². The molecule has 2 rings (SSSR count). The van der Waals surface area contributed by atoms with Gasteiger partial charge in [-0.1, -0.05) is 0 Å². The van der Waals surface area contributed by atoms with E-state index in [0.29, 0.717) is 29.4 Å². The molecule has 0 unspecified atom stereocenters. The van der Waals surface area contributed by atoms with Crippen LogP contribution >= 0.6 is 0 Å². The van der Waals surface area contributed by atoms with Gasteiger partial charge in [-0.3, -0.25) is 9.89 Å². The number of nitrogens with zero attached hydrogens (tertiary/aromatic N) is 2. The van der Waals surface area contributed by atoms with Crippen LogP contribution in [0, 0.1) is 0 Å². The Hall–Kier alpha value is -2.54. The minimum atomic E-state index is -0.0977. The zero-order valence-electron chi connectivity index (χ0n) is 13.8. The average molecular weight is 318 g/mol. The number of aromatic amines is 1. The first-order chi connectivity index (χ1) is 11.1. The van der Waals surface area contributed by atoms with E-state index in [1.807, 2.05) is 25.2 Å². The number of benzene rings is 1. The molecule has 0 aliphatic carbocycles. The number of carbonyl (C=O) groups excluding carboxylic acids is 1. The molecular weight excluding hydrogens is 296 g/mol. The summed E-state index contributed by atoms with van der Waals surface area (Å²) in [4.78, 5) is 13.9. The van der Waals surface area contributed by atoms with Crippen molar-refractivity contribution in [2.75, 3.05) is 41.4 Å². The van der Waals surface area contributed by atoms with Crippen molar-refractivity contribution in [1.29, 1.82) is 0 Å². The van der Waals surface area contributed by atoms with Crippen molar-refractivity contribution in [3.63, 3.8) is 0 Å². The van der Waals surface area contributed by atoms with E-state index in [1.54, 1.807) is 32.2 Å². The molecule has 7 nitrogen and oxygen atoms in total. The van der Waals surface area contributed by atoms with Crippen molar-refractivity contribution < 1.29 is 14.3 Å². The Kier molecular flexibility index (Phi) is 5.59. The van der Waals surface area contributed by atoms with Gasteiger partial charge in [0.05, 0.1) is 19.9 Å². The topological polar surface area (TPSA) is 79.5 Å². The van der Waals surface area contributed by atoms with E-state index in [4.69, 9.17) is 9.47 Å². The van der Waals surface area contributed by atoms with Crippen LogP contribution in [0.25, 0.3) is 11.3 Å². The minimum absolute atomic E-state index is 0.0977. The van der Waals surface area contributed by atoms with Crippen LogP contribution in [-0.4, -0.2) is 62.4 Å². The molecule has 0 atom stereocenters. The molecule has 0 bridgehead atoms. The highest BCUT2D eigenvalue weighted by Crippen LogP contribution is 2.31. The van der Waals surface area contributed by atoms with Gasteiger partial charge in [0.15, 0.2) is 11.5 Å². The lowest BCUT2D eigenvalue weighted by molar-refractivity contribution is 0.0791. The number of likely N-dealkylation sites (N-methyl/N-ethyl adjacent to an activating group) is 2. The highest BCUT2D eigenvalue weighted by Gasteiger charge is 2.16. The van der Waals surface area contributed by atoms with Crippen LogP contribution in [0.5, 0.6) is 11.5 Å². The summed E-state index contributed by atoms with van der Waals surface area (Å²) in [5.41, 5.74) is 1.97. The van der Waals surface area contributed by atoms with Gasteiger partial charge in [0.2, 0.25) is 0 Å². The van der Waals surface area contributed by atoms with Gasteiger partial charge in [0.1, 0.15) is 5.69 Å². The fourth-order valence-corrected chi connectivity index (χ4v) is 2.16. The first-order valence-corrected chi connectivity index (χ1v) is 7.28. The summed E-state index contributed by atoms with van der Waals surface area (Å²) in [5.74, 6) is 1.17. The van der Waals surface area contributed by atoms with Crippen molar-refractivity contribution in [2.24, 2.45) is 0 Å². The largest absolute Gasteiger partial charge is 0.493 e. The maximum atomic E-state index is 12.3. The average Bonchev–Trinajstić information content (AvgIpc) is 3.08. The maximum absolute atomic E-state index is 12.3. The lowest BCUT2D eigenvalue weighted by atomic mass is 10.1. The Bertz CT molecular complexity index is 669. The molecule has 23 heavy (non-hydrogen) atoms.